The minimum atomic E-state index is 0.394. The molecule has 0 aromatic rings. The van der Waals surface area contributed by atoms with Crippen LogP contribution in [0.3, 0.4) is 0 Å². The molecule has 1 atom stereocenters. The van der Waals surface area contributed by atoms with Gasteiger partial charge in [-0.15, -0.1) is 0 Å². The Balaban J connectivity index is 1.73. The Morgan fingerprint density at radius 3 is 2.73 bits per heavy atom. The third kappa shape index (κ3) is 3.44. The van der Waals surface area contributed by atoms with Gasteiger partial charge >= 0.3 is 0 Å². The van der Waals surface area contributed by atoms with E-state index >= 15 is 0 Å². The molecule has 0 radical (unpaired) electrons. The average Bonchev–Trinajstić information content (AvgIpc) is 2.65. The molecule has 1 unspecified atom stereocenters. The molecule has 0 bridgehead atoms. The third-order valence-electron chi connectivity index (χ3n) is 3.79. The van der Waals surface area contributed by atoms with Crippen LogP contribution in [0, 0.1) is 5.92 Å². The molecule has 1 heterocycles. The van der Waals surface area contributed by atoms with E-state index in [0.29, 0.717) is 6.04 Å². The molecular formula is C12H24N2O. The molecule has 0 amide bonds. The number of hydrogen-bond donors (Lipinski definition) is 1. The fraction of sp³-hybridized carbons (Fsp3) is 1.00. The van der Waals surface area contributed by atoms with E-state index < -0.39 is 0 Å². The minimum absolute atomic E-state index is 0.394. The van der Waals surface area contributed by atoms with Crippen molar-refractivity contribution in [3.8, 4) is 0 Å². The van der Waals surface area contributed by atoms with Crippen molar-refractivity contribution in [3.05, 3.63) is 0 Å². The van der Waals surface area contributed by atoms with Crippen LogP contribution in [0.1, 0.15) is 32.1 Å². The van der Waals surface area contributed by atoms with Crippen molar-refractivity contribution in [2.75, 3.05) is 32.8 Å². The molecular weight excluding hydrogens is 188 g/mol. The first kappa shape index (κ1) is 11.4. The number of hydrogen-bond acceptors (Lipinski definition) is 3. The molecule has 2 N–H and O–H groups in total. The molecule has 0 aromatic carbocycles. The molecule has 0 spiro atoms. The van der Waals surface area contributed by atoms with Crippen molar-refractivity contribution in [2.45, 2.75) is 38.1 Å². The highest BCUT2D eigenvalue weighted by atomic mass is 16.5. The van der Waals surface area contributed by atoms with Crippen molar-refractivity contribution in [1.29, 1.82) is 0 Å². The first-order valence-electron chi connectivity index (χ1n) is 6.42. The predicted molar refractivity (Wildman–Crippen MR) is 61.8 cm³/mol. The Morgan fingerprint density at radius 2 is 1.93 bits per heavy atom. The molecule has 2 fully saturated rings. The standard InChI is InChI=1S/C12H24N2O/c13-12(11-4-1-2-5-11)10-14-6-3-8-15-9-7-14/h11-12H,1-10,13H2. The van der Waals surface area contributed by atoms with Gasteiger partial charge in [0.1, 0.15) is 0 Å². The van der Waals surface area contributed by atoms with E-state index in [1.165, 1.54) is 32.2 Å². The van der Waals surface area contributed by atoms with Crippen LogP contribution in [-0.4, -0.2) is 43.8 Å². The molecule has 0 aromatic heterocycles. The zero-order valence-corrected chi connectivity index (χ0v) is 9.66. The molecule has 15 heavy (non-hydrogen) atoms. The van der Waals surface area contributed by atoms with Gasteiger partial charge in [0, 0.05) is 32.3 Å². The van der Waals surface area contributed by atoms with Gasteiger partial charge in [0.05, 0.1) is 6.61 Å². The molecule has 1 saturated carbocycles. The number of nitrogens with two attached hydrogens (primary N) is 1. The average molecular weight is 212 g/mol. The highest BCUT2D eigenvalue weighted by molar-refractivity contribution is 4.80. The summed E-state index contributed by atoms with van der Waals surface area (Å²) in [7, 11) is 0. The monoisotopic (exact) mass is 212 g/mol. The van der Waals surface area contributed by atoms with E-state index in [0.717, 1.165) is 38.6 Å². The van der Waals surface area contributed by atoms with Gasteiger partial charge in [-0.2, -0.15) is 0 Å². The number of rotatable bonds is 3. The molecule has 1 aliphatic carbocycles. The van der Waals surface area contributed by atoms with E-state index in [-0.39, 0.29) is 0 Å². The molecule has 88 valence electrons. The molecule has 1 aliphatic heterocycles. The Labute approximate surface area is 93.0 Å². The molecule has 1 saturated heterocycles. The van der Waals surface area contributed by atoms with E-state index in [2.05, 4.69) is 4.90 Å². The summed E-state index contributed by atoms with van der Waals surface area (Å²) in [6.45, 7) is 5.13. The van der Waals surface area contributed by atoms with Gasteiger partial charge in [-0.3, -0.25) is 4.90 Å². The molecule has 2 rings (SSSR count). The Morgan fingerprint density at radius 1 is 1.13 bits per heavy atom. The van der Waals surface area contributed by atoms with Crippen LogP contribution in [0.25, 0.3) is 0 Å². The lowest BCUT2D eigenvalue weighted by molar-refractivity contribution is 0.138. The summed E-state index contributed by atoms with van der Waals surface area (Å²) < 4.78 is 5.45. The minimum Gasteiger partial charge on any atom is -0.380 e. The molecule has 3 heteroatoms. The maximum Gasteiger partial charge on any atom is 0.0593 e. The maximum atomic E-state index is 6.28. The number of ether oxygens (including phenoxy) is 1. The van der Waals surface area contributed by atoms with E-state index in [9.17, 15) is 0 Å². The highest BCUT2D eigenvalue weighted by Crippen LogP contribution is 2.27. The lowest BCUT2D eigenvalue weighted by Crippen LogP contribution is -2.42. The smallest absolute Gasteiger partial charge is 0.0593 e. The summed E-state index contributed by atoms with van der Waals surface area (Å²) in [6.07, 6.45) is 6.65. The van der Waals surface area contributed by atoms with Crippen LogP contribution < -0.4 is 5.73 Å². The maximum absolute atomic E-state index is 6.28. The van der Waals surface area contributed by atoms with Gasteiger partial charge in [0.15, 0.2) is 0 Å². The lowest BCUT2D eigenvalue weighted by atomic mass is 9.98. The van der Waals surface area contributed by atoms with Gasteiger partial charge in [-0.25, -0.2) is 0 Å². The topological polar surface area (TPSA) is 38.5 Å². The fourth-order valence-electron chi connectivity index (χ4n) is 2.81. The summed E-state index contributed by atoms with van der Waals surface area (Å²) in [5.74, 6) is 0.786. The molecule has 2 aliphatic rings. The highest BCUT2D eigenvalue weighted by Gasteiger charge is 2.23. The van der Waals surface area contributed by atoms with Crippen molar-refractivity contribution in [1.82, 2.24) is 4.90 Å². The fourth-order valence-corrected chi connectivity index (χ4v) is 2.81. The van der Waals surface area contributed by atoms with Gasteiger partial charge < -0.3 is 10.5 Å². The Bertz CT molecular complexity index is 172. The van der Waals surface area contributed by atoms with Crippen molar-refractivity contribution in [2.24, 2.45) is 11.7 Å². The van der Waals surface area contributed by atoms with Crippen LogP contribution in [0.5, 0.6) is 0 Å². The number of nitrogens with zero attached hydrogens (tertiary/aromatic N) is 1. The quantitative estimate of drug-likeness (QED) is 0.764. The summed E-state index contributed by atoms with van der Waals surface area (Å²) >= 11 is 0. The van der Waals surface area contributed by atoms with Crippen molar-refractivity contribution >= 4 is 0 Å². The second kappa shape index (κ2) is 5.83. The van der Waals surface area contributed by atoms with Crippen molar-refractivity contribution in [3.63, 3.8) is 0 Å². The summed E-state index contributed by atoms with van der Waals surface area (Å²) in [4.78, 5) is 2.48. The van der Waals surface area contributed by atoms with E-state index in [1.807, 2.05) is 0 Å². The first-order valence-corrected chi connectivity index (χ1v) is 6.42. The van der Waals surface area contributed by atoms with Gasteiger partial charge in [0.25, 0.3) is 0 Å². The SMILES string of the molecule is NC(CN1CCCOCC1)C1CCCC1. The Kier molecular flexibility index (Phi) is 4.42. The zero-order valence-electron chi connectivity index (χ0n) is 9.66. The lowest BCUT2D eigenvalue weighted by Gasteiger charge is -2.26. The first-order chi connectivity index (χ1) is 7.36. The third-order valence-corrected chi connectivity index (χ3v) is 3.79. The predicted octanol–water partition coefficient (Wildman–Crippen LogP) is 1.23. The van der Waals surface area contributed by atoms with Gasteiger partial charge in [0.2, 0.25) is 0 Å². The van der Waals surface area contributed by atoms with Crippen LogP contribution in [-0.2, 0) is 4.74 Å². The van der Waals surface area contributed by atoms with Crippen LogP contribution in [0.15, 0.2) is 0 Å². The second-order valence-corrected chi connectivity index (χ2v) is 4.97. The Hall–Kier alpha value is -0.120. The zero-order chi connectivity index (χ0) is 10.5. The van der Waals surface area contributed by atoms with Crippen molar-refractivity contribution < 1.29 is 4.74 Å². The normalized spacial score (nSPS) is 27.8. The van der Waals surface area contributed by atoms with Crippen LogP contribution in [0.2, 0.25) is 0 Å². The second-order valence-electron chi connectivity index (χ2n) is 4.97. The largest absolute Gasteiger partial charge is 0.380 e. The van der Waals surface area contributed by atoms with E-state index in [4.69, 9.17) is 10.5 Å². The molecule has 3 nitrogen and oxygen atoms in total. The summed E-state index contributed by atoms with van der Waals surface area (Å²) in [5, 5.41) is 0. The van der Waals surface area contributed by atoms with Gasteiger partial charge in [-0.1, -0.05) is 12.8 Å². The summed E-state index contributed by atoms with van der Waals surface area (Å²) in [6, 6.07) is 0.394. The van der Waals surface area contributed by atoms with Crippen LogP contribution >= 0.6 is 0 Å². The van der Waals surface area contributed by atoms with Crippen LogP contribution in [0.4, 0.5) is 0 Å². The van der Waals surface area contributed by atoms with E-state index in [1.54, 1.807) is 0 Å². The van der Waals surface area contributed by atoms with Gasteiger partial charge in [-0.05, 0) is 25.2 Å². The summed E-state index contributed by atoms with van der Waals surface area (Å²) in [5.41, 5.74) is 6.28.